The van der Waals surface area contributed by atoms with E-state index in [9.17, 15) is 8.42 Å². The SMILES string of the molecule is Cc1ccc(S(=O)(=O)N2CCCSCC2CN2CCCC2)cc1. The first-order valence-electron chi connectivity index (χ1n) is 8.46. The topological polar surface area (TPSA) is 40.6 Å². The number of likely N-dealkylation sites (tertiary alicyclic amines) is 1. The van der Waals surface area contributed by atoms with E-state index in [-0.39, 0.29) is 6.04 Å². The highest BCUT2D eigenvalue weighted by atomic mass is 32.2. The van der Waals surface area contributed by atoms with Crippen LogP contribution in [0, 0.1) is 6.92 Å². The molecule has 0 radical (unpaired) electrons. The van der Waals surface area contributed by atoms with Crippen LogP contribution in [0.5, 0.6) is 0 Å². The van der Waals surface area contributed by atoms with E-state index < -0.39 is 10.0 Å². The van der Waals surface area contributed by atoms with E-state index in [0.29, 0.717) is 11.4 Å². The third-order valence-electron chi connectivity index (χ3n) is 4.68. The lowest BCUT2D eigenvalue weighted by molar-refractivity contribution is 0.243. The van der Waals surface area contributed by atoms with Crippen LogP contribution >= 0.6 is 11.8 Å². The van der Waals surface area contributed by atoms with Gasteiger partial charge in [0.15, 0.2) is 0 Å². The Kier molecular flexibility index (Phi) is 5.67. The van der Waals surface area contributed by atoms with Gasteiger partial charge in [-0.05, 0) is 57.2 Å². The molecule has 0 aromatic heterocycles. The molecule has 1 aromatic rings. The first-order chi connectivity index (χ1) is 11.1. The number of thioether (sulfide) groups is 1. The number of aryl methyl sites for hydroxylation is 1. The second kappa shape index (κ2) is 7.55. The number of hydrogen-bond acceptors (Lipinski definition) is 4. The molecule has 0 amide bonds. The third kappa shape index (κ3) is 4.10. The van der Waals surface area contributed by atoms with Gasteiger partial charge < -0.3 is 4.90 Å². The fraction of sp³-hybridized carbons (Fsp3) is 0.647. The summed E-state index contributed by atoms with van der Waals surface area (Å²) in [4.78, 5) is 2.86. The summed E-state index contributed by atoms with van der Waals surface area (Å²) in [7, 11) is -3.40. The molecule has 0 saturated carbocycles. The van der Waals surface area contributed by atoms with Crippen LogP contribution in [-0.4, -0.2) is 61.3 Å². The van der Waals surface area contributed by atoms with Crippen molar-refractivity contribution in [3.8, 4) is 0 Å². The zero-order chi connectivity index (χ0) is 16.3. The average molecular weight is 355 g/mol. The number of nitrogens with zero attached hydrogens (tertiary/aromatic N) is 2. The van der Waals surface area contributed by atoms with E-state index in [0.717, 1.165) is 43.1 Å². The average Bonchev–Trinajstić information content (AvgIpc) is 2.92. The normalized spacial score (nSPS) is 24.7. The van der Waals surface area contributed by atoms with E-state index in [1.165, 1.54) is 12.8 Å². The van der Waals surface area contributed by atoms with Crippen LogP contribution in [0.4, 0.5) is 0 Å². The fourth-order valence-corrected chi connectivity index (χ4v) is 6.18. The first-order valence-corrected chi connectivity index (χ1v) is 11.1. The monoisotopic (exact) mass is 354 g/mol. The molecular formula is C17H26N2O2S2. The number of rotatable bonds is 4. The van der Waals surface area contributed by atoms with Crippen LogP contribution in [0.25, 0.3) is 0 Å². The van der Waals surface area contributed by atoms with Crippen LogP contribution in [0.1, 0.15) is 24.8 Å². The molecule has 23 heavy (non-hydrogen) atoms. The third-order valence-corrected chi connectivity index (χ3v) is 7.84. The van der Waals surface area contributed by atoms with Gasteiger partial charge in [0.25, 0.3) is 0 Å². The van der Waals surface area contributed by atoms with Crippen molar-refractivity contribution < 1.29 is 8.42 Å². The summed E-state index contributed by atoms with van der Waals surface area (Å²) in [5.74, 6) is 1.96. The van der Waals surface area contributed by atoms with Gasteiger partial charge in [0, 0.05) is 24.9 Å². The molecule has 2 aliphatic rings. The van der Waals surface area contributed by atoms with Crippen molar-refractivity contribution in [1.29, 1.82) is 0 Å². The van der Waals surface area contributed by atoms with Gasteiger partial charge >= 0.3 is 0 Å². The molecule has 0 aliphatic carbocycles. The predicted octanol–water partition coefficient (Wildman–Crippen LogP) is 2.59. The molecule has 6 heteroatoms. The van der Waals surface area contributed by atoms with Gasteiger partial charge in [-0.15, -0.1) is 0 Å². The van der Waals surface area contributed by atoms with E-state index in [4.69, 9.17) is 0 Å². The second-order valence-corrected chi connectivity index (χ2v) is 9.56. The molecule has 2 aliphatic heterocycles. The largest absolute Gasteiger partial charge is 0.302 e. The quantitative estimate of drug-likeness (QED) is 0.833. The molecule has 128 valence electrons. The van der Waals surface area contributed by atoms with Gasteiger partial charge in [-0.2, -0.15) is 16.1 Å². The molecular weight excluding hydrogens is 328 g/mol. The molecule has 3 rings (SSSR count). The van der Waals surface area contributed by atoms with Gasteiger partial charge in [-0.1, -0.05) is 17.7 Å². The number of hydrogen-bond donors (Lipinski definition) is 0. The van der Waals surface area contributed by atoms with Crippen LogP contribution < -0.4 is 0 Å². The smallest absolute Gasteiger partial charge is 0.243 e. The summed E-state index contributed by atoms with van der Waals surface area (Å²) < 4.78 is 28.0. The predicted molar refractivity (Wildman–Crippen MR) is 96.5 cm³/mol. The minimum atomic E-state index is -3.40. The lowest BCUT2D eigenvalue weighted by Gasteiger charge is -2.31. The molecule has 4 nitrogen and oxygen atoms in total. The number of sulfonamides is 1. The molecule has 2 saturated heterocycles. The van der Waals surface area contributed by atoms with Gasteiger partial charge in [-0.25, -0.2) is 8.42 Å². The highest BCUT2D eigenvalue weighted by molar-refractivity contribution is 7.99. The highest BCUT2D eigenvalue weighted by Crippen LogP contribution is 2.25. The molecule has 0 bridgehead atoms. The Morgan fingerprint density at radius 3 is 2.48 bits per heavy atom. The van der Waals surface area contributed by atoms with Crippen molar-refractivity contribution in [2.75, 3.05) is 37.7 Å². The van der Waals surface area contributed by atoms with Crippen LogP contribution in [0.15, 0.2) is 29.2 Å². The summed E-state index contributed by atoms with van der Waals surface area (Å²) in [5, 5.41) is 0. The van der Waals surface area contributed by atoms with Crippen molar-refractivity contribution in [1.82, 2.24) is 9.21 Å². The van der Waals surface area contributed by atoms with E-state index >= 15 is 0 Å². The Morgan fingerprint density at radius 2 is 1.78 bits per heavy atom. The minimum absolute atomic E-state index is 0.0897. The molecule has 0 spiro atoms. The van der Waals surface area contributed by atoms with E-state index in [2.05, 4.69) is 4.90 Å². The molecule has 2 fully saturated rings. The Balaban J connectivity index is 1.83. The fourth-order valence-electron chi connectivity index (χ4n) is 3.38. The van der Waals surface area contributed by atoms with Crippen LogP contribution in [0.2, 0.25) is 0 Å². The number of benzene rings is 1. The maximum absolute atomic E-state index is 13.1. The second-order valence-electron chi connectivity index (χ2n) is 6.52. The Morgan fingerprint density at radius 1 is 1.09 bits per heavy atom. The minimum Gasteiger partial charge on any atom is -0.302 e. The summed E-state index contributed by atoms with van der Waals surface area (Å²) in [6.45, 7) is 5.72. The highest BCUT2D eigenvalue weighted by Gasteiger charge is 2.34. The van der Waals surface area contributed by atoms with Crippen molar-refractivity contribution in [2.45, 2.75) is 37.1 Å². The standard InChI is InChI=1S/C17H26N2O2S2/c1-15-5-7-17(8-6-15)23(20,21)19-11-4-12-22-14-16(19)13-18-9-2-3-10-18/h5-8,16H,2-4,9-14H2,1H3. The van der Waals surface area contributed by atoms with Crippen molar-refractivity contribution in [3.05, 3.63) is 29.8 Å². The van der Waals surface area contributed by atoms with Crippen LogP contribution in [-0.2, 0) is 10.0 Å². The summed E-state index contributed by atoms with van der Waals surface area (Å²) >= 11 is 1.89. The first kappa shape index (κ1) is 17.3. The van der Waals surface area contributed by atoms with E-state index in [1.54, 1.807) is 16.4 Å². The summed E-state index contributed by atoms with van der Waals surface area (Å²) in [5.41, 5.74) is 1.09. The maximum Gasteiger partial charge on any atom is 0.243 e. The van der Waals surface area contributed by atoms with Crippen molar-refractivity contribution >= 4 is 21.8 Å². The molecule has 1 aromatic carbocycles. The molecule has 0 N–H and O–H groups in total. The van der Waals surface area contributed by atoms with Gasteiger partial charge in [0.2, 0.25) is 10.0 Å². The van der Waals surface area contributed by atoms with Crippen LogP contribution in [0.3, 0.4) is 0 Å². The Bertz CT molecular complexity index is 610. The zero-order valence-electron chi connectivity index (χ0n) is 13.8. The molecule has 1 unspecified atom stereocenters. The Labute approximate surface area is 144 Å². The van der Waals surface area contributed by atoms with Gasteiger partial charge in [-0.3, -0.25) is 0 Å². The molecule has 1 atom stereocenters. The lowest BCUT2D eigenvalue weighted by atomic mass is 10.2. The van der Waals surface area contributed by atoms with Crippen molar-refractivity contribution in [3.63, 3.8) is 0 Å². The van der Waals surface area contributed by atoms with Gasteiger partial charge in [0.05, 0.1) is 4.90 Å². The summed E-state index contributed by atoms with van der Waals surface area (Å²) in [6, 6.07) is 7.35. The summed E-state index contributed by atoms with van der Waals surface area (Å²) in [6.07, 6.45) is 3.42. The Hall–Kier alpha value is -0.560. The lowest BCUT2D eigenvalue weighted by Crippen LogP contribution is -2.47. The maximum atomic E-state index is 13.1. The van der Waals surface area contributed by atoms with Gasteiger partial charge in [0.1, 0.15) is 0 Å². The zero-order valence-corrected chi connectivity index (χ0v) is 15.4. The van der Waals surface area contributed by atoms with Crippen molar-refractivity contribution in [2.24, 2.45) is 0 Å². The van der Waals surface area contributed by atoms with E-state index in [1.807, 2.05) is 30.8 Å². The molecule has 2 heterocycles.